The molecule has 2 nitrogen and oxygen atoms in total. The van der Waals surface area contributed by atoms with E-state index in [1.807, 2.05) is 6.07 Å². The number of rotatable bonds is 1. The summed E-state index contributed by atoms with van der Waals surface area (Å²) in [5.41, 5.74) is 4.68. The second-order valence-electron chi connectivity index (χ2n) is 6.41. The largest absolute Gasteiger partial charge is 0.357 e. The molecule has 1 unspecified atom stereocenters. The lowest BCUT2D eigenvalue weighted by molar-refractivity contribution is 0.563. The van der Waals surface area contributed by atoms with Gasteiger partial charge in [0, 0.05) is 23.1 Å². The first-order valence-electron chi connectivity index (χ1n) is 8.32. The first-order valence-corrected chi connectivity index (χ1v) is 8.32. The van der Waals surface area contributed by atoms with Crippen LogP contribution in [0.15, 0.2) is 60.7 Å². The Hall–Kier alpha value is -2.65. The number of halogens is 1. The van der Waals surface area contributed by atoms with Gasteiger partial charge in [0.05, 0.1) is 6.04 Å². The summed E-state index contributed by atoms with van der Waals surface area (Å²) in [4.78, 5) is 3.53. The van der Waals surface area contributed by atoms with Crippen LogP contribution in [0.4, 0.5) is 4.39 Å². The lowest BCUT2D eigenvalue weighted by Crippen LogP contribution is -2.30. The topological polar surface area (TPSA) is 27.8 Å². The first kappa shape index (κ1) is 13.8. The van der Waals surface area contributed by atoms with Gasteiger partial charge < -0.3 is 10.3 Å². The molecule has 1 aliphatic rings. The molecule has 0 spiro atoms. The summed E-state index contributed by atoms with van der Waals surface area (Å²) in [5, 5.41) is 7.15. The summed E-state index contributed by atoms with van der Waals surface area (Å²) in [6.45, 7) is 0.893. The SMILES string of the molecule is Fc1ccc2[nH]c3c(c2c1)CCNC3c1cccc2ccccc12. The highest BCUT2D eigenvalue weighted by atomic mass is 19.1. The molecule has 0 radical (unpaired) electrons. The minimum Gasteiger partial charge on any atom is -0.357 e. The lowest BCUT2D eigenvalue weighted by atomic mass is 9.91. The average Bonchev–Trinajstić information content (AvgIpc) is 2.99. The van der Waals surface area contributed by atoms with Crippen LogP contribution in [0.2, 0.25) is 0 Å². The molecule has 2 heterocycles. The van der Waals surface area contributed by atoms with E-state index in [4.69, 9.17) is 0 Å². The zero-order chi connectivity index (χ0) is 16.1. The third kappa shape index (κ3) is 1.98. The van der Waals surface area contributed by atoms with Crippen LogP contribution in [0.5, 0.6) is 0 Å². The van der Waals surface area contributed by atoms with Gasteiger partial charge in [-0.25, -0.2) is 4.39 Å². The number of hydrogen-bond acceptors (Lipinski definition) is 1. The highest BCUT2D eigenvalue weighted by Gasteiger charge is 2.26. The predicted octanol–water partition coefficient (Wildman–Crippen LogP) is 4.70. The minimum absolute atomic E-state index is 0.107. The molecule has 3 heteroatoms. The van der Waals surface area contributed by atoms with Gasteiger partial charge in [0.15, 0.2) is 0 Å². The quantitative estimate of drug-likeness (QED) is 0.523. The van der Waals surface area contributed by atoms with Crippen LogP contribution in [-0.4, -0.2) is 11.5 Å². The summed E-state index contributed by atoms with van der Waals surface area (Å²) in [5.74, 6) is -0.176. The van der Waals surface area contributed by atoms with Crippen molar-refractivity contribution in [3.05, 3.63) is 83.3 Å². The third-order valence-electron chi connectivity index (χ3n) is 5.05. The Kier molecular flexibility index (Phi) is 2.97. The van der Waals surface area contributed by atoms with E-state index in [0.717, 1.165) is 23.9 Å². The third-order valence-corrected chi connectivity index (χ3v) is 5.05. The standard InChI is InChI=1S/C21H17FN2/c22-14-8-9-19-18(12-14)17-10-11-23-20(21(17)24-19)16-7-3-5-13-4-1-2-6-15(13)16/h1-9,12,20,23-24H,10-11H2. The smallest absolute Gasteiger partial charge is 0.123 e. The number of fused-ring (bicyclic) bond motifs is 4. The van der Waals surface area contributed by atoms with Gasteiger partial charge in [-0.15, -0.1) is 0 Å². The maximum Gasteiger partial charge on any atom is 0.123 e. The Balaban J connectivity index is 1.75. The van der Waals surface area contributed by atoms with E-state index >= 15 is 0 Å². The zero-order valence-electron chi connectivity index (χ0n) is 13.1. The van der Waals surface area contributed by atoms with E-state index in [1.165, 1.54) is 33.7 Å². The number of aromatic nitrogens is 1. The number of hydrogen-bond donors (Lipinski definition) is 2. The van der Waals surface area contributed by atoms with Gasteiger partial charge >= 0.3 is 0 Å². The van der Waals surface area contributed by atoms with Crippen molar-refractivity contribution >= 4 is 21.7 Å². The maximum atomic E-state index is 13.7. The van der Waals surface area contributed by atoms with Gasteiger partial charge in [-0.05, 0) is 46.5 Å². The molecule has 3 aromatic carbocycles. The van der Waals surface area contributed by atoms with E-state index < -0.39 is 0 Å². The molecule has 0 bridgehead atoms. The molecule has 2 N–H and O–H groups in total. The molecule has 0 saturated heterocycles. The molecule has 0 saturated carbocycles. The summed E-state index contributed by atoms with van der Waals surface area (Å²) < 4.78 is 13.7. The molecule has 118 valence electrons. The van der Waals surface area contributed by atoms with Crippen molar-refractivity contribution in [3.8, 4) is 0 Å². The van der Waals surface area contributed by atoms with Crippen molar-refractivity contribution in [2.24, 2.45) is 0 Å². The van der Waals surface area contributed by atoms with Crippen LogP contribution in [0.25, 0.3) is 21.7 Å². The van der Waals surface area contributed by atoms with Crippen LogP contribution in [0.3, 0.4) is 0 Å². The van der Waals surface area contributed by atoms with E-state index in [-0.39, 0.29) is 11.9 Å². The summed E-state index contributed by atoms with van der Waals surface area (Å²) in [6.07, 6.45) is 0.917. The van der Waals surface area contributed by atoms with Crippen molar-refractivity contribution < 1.29 is 4.39 Å². The molecular weight excluding hydrogens is 299 g/mol. The molecule has 5 rings (SSSR count). The van der Waals surface area contributed by atoms with E-state index in [1.54, 1.807) is 6.07 Å². The lowest BCUT2D eigenvalue weighted by Gasteiger charge is -2.26. The molecule has 4 aromatic rings. The molecule has 1 atom stereocenters. The fourth-order valence-electron chi connectivity index (χ4n) is 3.97. The van der Waals surface area contributed by atoms with Gasteiger partial charge in [-0.1, -0.05) is 42.5 Å². The highest BCUT2D eigenvalue weighted by molar-refractivity contribution is 5.88. The molecule has 24 heavy (non-hydrogen) atoms. The predicted molar refractivity (Wildman–Crippen MR) is 95.8 cm³/mol. The van der Waals surface area contributed by atoms with Crippen molar-refractivity contribution in [2.45, 2.75) is 12.5 Å². The van der Waals surface area contributed by atoms with Crippen molar-refractivity contribution in [1.82, 2.24) is 10.3 Å². The fraction of sp³-hybridized carbons (Fsp3) is 0.143. The van der Waals surface area contributed by atoms with Crippen molar-refractivity contribution in [3.63, 3.8) is 0 Å². The average molecular weight is 316 g/mol. The minimum atomic E-state index is -0.176. The van der Waals surface area contributed by atoms with Gasteiger partial charge in [0.25, 0.3) is 0 Å². The molecule has 1 aromatic heterocycles. The van der Waals surface area contributed by atoms with Gasteiger partial charge in [-0.2, -0.15) is 0 Å². The van der Waals surface area contributed by atoms with Gasteiger partial charge in [-0.3, -0.25) is 0 Å². The highest BCUT2D eigenvalue weighted by Crippen LogP contribution is 2.36. The van der Waals surface area contributed by atoms with Crippen molar-refractivity contribution in [2.75, 3.05) is 6.54 Å². The maximum absolute atomic E-state index is 13.7. The van der Waals surface area contributed by atoms with Crippen molar-refractivity contribution in [1.29, 1.82) is 0 Å². The van der Waals surface area contributed by atoms with E-state index in [0.29, 0.717) is 0 Å². The second kappa shape index (κ2) is 5.18. The number of aromatic amines is 1. The molecule has 0 amide bonds. The van der Waals surface area contributed by atoms with Gasteiger partial charge in [0.2, 0.25) is 0 Å². The van der Waals surface area contributed by atoms with Crippen LogP contribution in [0.1, 0.15) is 22.9 Å². The summed E-state index contributed by atoms with van der Waals surface area (Å²) >= 11 is 0. The van der Waals surface area contributed by atoms with Crippen LogP contribution >= 0.6 is 0 Å². The number of nitrogens with one attached hydrogen (secondary N) is 2. The second-order valence-corrected chi connectivity index (χ2v) is 6.41. The Labute approximate surface area is 139 Å². The van der Waals surface area contributed by atoms with E-state index in [2.05, 4.69) is 52.8 Å². The normalized spacial score (nSPS) is 17.3. The molecule has 0 fully saturated rings. The Morgan fingerprint density at radius 3 is 2.75 bits per heavy atom. The zero-order valence-corrected chi connectivity index (χ0v) is 13.1. The number of H-pyrrole nitrogens is 1. The Morgan fingerprint density at radius 2 is 1.79 bits per heavy atom. The Morgan fingerprint density at radius 1 is 0.917 bits per heavy atom. The van der Waals surface area contributed by atoms with Crippen LogP contribution in [0, 0.1) is 5.82 Å². The summed E-state index contributed by atoms with van der Waals surface area (Å²) in [7, 11) is 0. The number of benzene rings is 3. The molecule has 1 aliphatic heterocycles. The first-order chi connectivity index (χ1) is 11.8. The van der Waals surface area contributed by atoms with Crippen LogP contribution in [-0.2, 0) is 6.42 Å². The van der Waals surface area contributed by atoms with Gasteiger partial charge in [0.1, 0.15) is 5.82 Å². The van der Waals surface area contributed by atoms with E-state index in [9.17, 15) is 4.39 Å². The Bertz CT molecular complexity index is 1060. The molecule has 0 aliphatic carbocycles. The monoisotopic (exact) mass is 316 g/mol. The molecular formula is C21H17FN2. The fourth-order valence-corrected chi connectivity index (χ4v) is 3.97. The van der Waals surface area contributed by atoms with Crippen LogP contribution < -0.4 is 5.32 Å². The summed E-state index contributed by atoms with van der Waals surface area (Å²) in [6, 6.07) is 20.0.